The monoisotopic (exact) mass is 253 g/mol. The van der Waals surface area contributed by atoms with Crippen LogP contribution in [-0.4, -0.2) is 21.6 Å². The normalized spacial score (nSPS) is 13.2. The zero-order valence-electron chi connectivity index (χ0n) is 10.2. The molecule has 0 bridgehead atoms. The lowest BCUT2D eigenvalue weighted by molar-refractivity contribution is 0.618. The van der Waals surface area contributed by atoms with E-state index < -0.39 is 0 Å². The lowest BCUT2D eigenvalue weighted by Crippen LogP contribution is -2.10. The molecule has 0 aliphatic rings. The van der Waals surface area contributed by atoms with Crippen molar-refractivity contribution in [2.45, 2.75) is 19.9 Å². The van der Waals surface area contributed by atoms with Gasteiger partial charge in [-0.25, -0.2) is 9.37 Å². The number of nitrogen functional groups attached to an aromatic ring is 1. The second kappa shape index (κ2) is 4.56. The Balaban J connectivity index is 2.62. The van der Waals surface area contributed by atoms with Crippen molar-refractivity contribution in [3.05, 3.63) is 23.5 Å². The maximum atomic E-state index is 13.4. The number of halogens is 1. The van der Waals surface area contributed by atoms with Crippen molar-refractivity contribution in [2.75, 3.05) is 17.7 Å². The van der Waals surface area contributed by atoms with Crippen molar-refractivity contribution in [1.29, 1.82) is 0 Å². The molecule has 2 aromatic rings. The Labute approximate surface area is 104 Å². The number of hydrogen-bond donors (Lipinski definition) is 1. The summed E-state index contributed by atoms with van der Waals surface area (Å²) in [6, 6.07) is 3.51. The van der Waals surface area contributed by atoms with Gasteiger partial charge in [0.2, 0.25) is 5.95 Å². The minimum Gasteiger partial charge on any atom is -0.369 e. The van der Waals surface area contributed by atoms with Gasteiger partial charge in [-0.1, -0.05) is 0 Å². The van der Waals surface area contributed by atoms with Gasteiger partial charge in [-0.3, -0.25) is 0 Å². The third-order valence-electron chi connectivity index (χ3n) is 2.85. The number of aryl methyl sites for hydroxylation is 1. The number of nitrogens with zero attached hydrogens (tertiary/aromatic N) is 2. The molecule has 1 aromatic heterocycles. The summed E-state index contributed by atoms with van der Waals surface area (Å²) in [4.78, 5) is 4.21. The molecule has 0 spiro atoms. The number of anilines is 1. The van der Waals surface area contributed by atoms with E-state index in [0.29, 0.717) is 17.0 Å². The molecular weight excluding hydrogens is 237 g/mol. The number of thioether (sulfide) groups is 1. The predicted octanol–water partition coefficient (Wildman–Crippen LogP) is 2.99. The topological polar surface area (TPSA) is 43.8 Å². The quantitative estimate of drug-likeness (QED) is 0.914. The van der Waals surface area contributed by atoms with Crippen LogP contribution in [0.1, 0.15) is 18.5 Å². The molecule has 92 valence electrons. The van der Waals surface area contributed by atoms with E-state index in [9.17, 15) is 4.39 Å². The molecule has 0 fully saturated rings. The van der Waals surface area contributed by atoms with E-state index in [0.717, 1.165) is 11.3 Å². The smallest absolute Gasteiger partial charge is 0.201 e. The highest BCUT2D eigenvalue weighted by molar-refractivity contribution is 7.98. The van der Waals surface area contributed by atoms with Crippen LogP contribution < -0.4 is 5.73 Å². The molecule has 1 atom stereocenters. The van der Waals surface area contributed by atoms with Gasteiger partial charge in [0, 0.05) is 17.9 Å². The molecule has 5 heteroatoms. The minimum absolute atomic E-state index is 0.236. The Hall–Kier alpha value is -1.23. The van der Waals surface area contributed by atoms with Gasteiger partial charge in [-0.15, -0.1) is 0 Å². The van der Waals surface area contributed by atoms with E-state index in [1.54, 1.807) is 18.7 Å². The second-order valence-corrected chi connectivity index (χ2v) is 5.15. The molecule has 1 aromatic carbocycles. The Morgan fingerprint density at radius 1 is 1.53 bits per heavy atom. The molecular formula is C12H16FN3S. The SMILES string of the molecule is CSCC(C)n1c(N)nc2cc(F)c(C)cc21. The van der Waals surface area contributed by atoms with Crippen LogP contribution >= 0.6 is 11.8 Å². The average Bonchev–Trinajstić information content (AvgIpc) is 2.55. The summed E-state index contributed by atoms with van der Waals surface area (Å²) in [5.41, 5.74) is 8.05. The Morgan fingerprint density at radius 2 is 2.24 bits per heavy atom. The maximum Gasteiger partial charge on any atom is 0.201 e. The molecule has 0 aliphatic heterocycles. The molecule has 0 saturated heterocycles. The lowest BCUT2D eigenvalue weighted by atomic mass is 10.2. The molecule has 0 amide bonds. The molecule has 0 radical (unpaired) electrons. The fourth-order valence-corrected chi connectivity index (χ4v) is 2.65. The van der Waals surface area contributed by atoms with Crippen LogP contribution in [0.5, 0.6) is 0 Å². The second-order valence-electron chi connectivity index (χ2n) is 4.23. The average molecular weight is 253 g/mol. The largest absolute Gasteiger partial charge is 0.369 e. The fourth-order valence-electron chi connectivity index (χ4n) is 2.02. The standard InChI is InChI=1S/C12H16FN3S/c1-7-4-11-10(5-9(7)13)15-12(14)16(11)8(2)6-17-3/h4-5,8H,6H2,1-3H3,(H2,14,15). The van der Waals surface area contributed by atoms with Gasteiger partial charge >= 0.3 is 0 Å². The Kier molecular flexibility index (Phi) is 3.28. The van der Waals surface area contributed by atoms with Gasteiger partial charge in [0.25, 0.3) is 0 Å². The lowest BCUT2D eigenvalue weighted by Gasteiger charge is -2.14. The van der Waals surface area contributed by atoms with E-state index in [1.807, 2.05) is 10.6 Å². The number of benzene rings is 1. The third kappa shape index (κ3) is 2.11. The van der Waals surface area contributed by atoms with Crippen LogP contribution in [0.4, 0.5) is 10.3 Å². The molecule has 2 rings (SSSR count). The van der Waals surface area contributed by atoms with Crippen molar-refractivity contribution >= 4 is 28.7 Å². The first-order valence-corrected chi connectivity index (χ1v) is 6.86. The third-order valence-corrected chi connectivity index (χ3v) is 3.66. The van der Waals surface area contributed by atoms with Crippen molar-refractivity contribution in [1.82, 2.24) is 9.55 Å². The van der Waals surface area contributed by atoms with Crippen LogP contribution in [0.15, 0.2) is 12.1 Å². The van der Waals surface area contributed by atoms with Gasteiger partial charge in [0.15, 0.2) is 0 Å². The number of fused-ring (bicyclic) bond motifs is 1. The van der Waals surface area contributed by atoms with Crippen LogP contribution in [0.25, 0.3) is 11.0 Å². The molecule has 0 saturated carbocycles. The van der Waals surface area contributed by atoms with E-state index in [4.69, 9.17) is 5.73 Å². The van der Waals surface area contributed by atoms with Crippen LogP contribution in [0, 0.1) is 12.7 Å². The van der Waals surface area contributed by atoms with Crippen molar-refractivity contribution < 1.29 is 4.39 Å². The van der Waals surface area contributed by atoms with E-state index in [1.165, 1.54) is 6.07 Å². The summed E-state index contributed by atoms with van der Waals surface area (Å²) >= 11 is 1.75. The summed E-state index contributed by atoms with van der Waals surface area (Å²) in [5, 5.41) is 0. The predicted molar refractivity (Wildman–Crippen MR) is 71.9 cm³/mol. The first-order valence-electron chi connectivity index (χ1n) is 5.47. The molecule has 3 nitrogen and oxygen atoms in total. The highest BCUT2D eigenvalue weighted by Gasteiger charge is 2.15. The fraction of sp³-hybridized carbons (Fsp3) is 0.417. The summed E-state index contributed by atoms with van der Waals surface area (Å²) in [6.07, 6.45) is 2.05. The Bertz CT molecular complexity index is 550. The van der Waals surface area contributed by atoms with Crippen LogP contribution in [0.3, 0.4) is 0 Å². The van der Waals surface area contributed by atoms with Crippen molar-refractivity contribution in [3.63, 3.8) is 0 Å². The molecule has 1 heterocycles. The van der Waals surface area contributed by atoms with Gasteiger partial charge in [-0.2, -0.15) is 11.8 Å². The number of aromatic nitrogens is 2. The number of hydrogen-bond acceptors (Lipinski definition) is 3. The summed E-state index contributed by atoms with van der Waals surface area (Å²) in [5.74, 6) is 1.16. The highest BCUT2D eigenvalue weighted by atomic mass is 32.2. The number of imidazole rings is 1. The number of nitrogens with two attached hydrogens (primary N) is 1. The van der Waals surface area contributed by atoms with Gasteiger partial charge in [0.05, 0.1) is 11.0 Å². The first kappa shape index (κ1) is 12.2. The van der Waals surface area contributed by atoms with Crippen molar-refractivity contribution in [3.8, 4) is 0 Å². The van der Waals surface area contributed by atoms with Crippen LogP contribution in [-0.2, 0) is 0 Å². The molecule has 17 heavy (non-hydrogen) atoms. The summed E-state index contributed by atoms with van der Waals surface area (Å²) < 4.78 is 15.4. The first-order chi connectivity index (χ1) is 8.04. The zero-order chi connectivity index (χ0) is 12.6. The van der Waals surface area contributed by atoms with E-state index in [-0.39, 0.29) is 11.9 Å². The Morgan fingerprint density at radius 3 is 2.88 bits per heavy atom. The maximum absolute atomic E-state index is 13.4. The highest BCUT2D eigenvalue weighted by Crippen LogP contribution is 2.26. The zero-order valence-corrected chi connectivity index (χ0v) is 11.0. The van der Waals surface area contributed by atoms with Gasteiger partial charge in [0.1, 0.15) is 5.82 Å². The van der Waals surface area contributed by atoms with Crippen LogP contribution in [0.2, 0.25) is 0 Å². The van der Waals surface area contributed by atoms with E-state index in [2.05, 4.69) is 18.2 Å². The number of rotatable bonds is 3. The summed E-state index contributed by atoms with van der Waals surface area (Å²) in [7, 11) is 0. The minimum atomic E-state index is -0.236. The molecule has 2 N–H and O–H groups in total. The van der Waals surface area contributed by atoms with Gasteiger partial charge in [-0.05, 0) is 31.7 Å². The summed E-state index contributed by atoms with van der Waals surface area (Å²) in [6.45, 7) is 3.84. The molecule has 1 unspecified atom stereocenters. The van der Waals surface area contributed by atoms with Crippen molar-refractivity contribution in [2.24, 2.45) is 0 Å². The van der Waals surface area contributed by atoms with E-state index >= 15 is 0 Å². The van der Waals surface area contributed by atoms with Gasteiger partial charge < -0.3 is 10.3 Å². The molecule has 0 aliphatic carbocycles.